The lowest BCUT2D eigenvalue weighted by Crippen LogP contribution is -2.36. The SMILES string of the molecule is [C-]#[N+]C1(C)CCC(c2ccc(C3CCC(C)C(F)(F)O3)cc2)CC1. The van der Waals surface area contributed by atoms with Crippen LogP contribution >= 0.6 is 0 Å². The molecule has 1 heterocycles. The highest BCUT2D eigenvalue weighted by Gasteiger charge is 2.44. The van der Waals surface area contributed by atoms with Gasteiger partial charge < -0.3 is 9.58 Å². The standard InChI is InChI=1S/C20H25F2NO/c1-14-4-9-18(24-20(14,21)22)17-7-5-15(6-8-17)16-10-12-19(2,23-3)13-11-16/h5-8,14,16,18H,4,9-13H2,1-2H3. The van der Waals surface area contributed by atoms with Crippen molar-refractivity contribution in [3.8, 4) is 0 Å². The van der Waals surface area contributed by atoms with E-state index in [0.717, 1.165) is 31.2 Å². The van der Waals surface area contributed by atoms with Gasteiger partial charge in [-0.2, -0.15) is 8.78 Å². The van der Waals surface area contributed by atoms with Gasteiger partial charge in [-0.1, -0.05) is 31.2 Å². The fourth-order valence-corrected chi connectivity index (χ4v) is 3.84. The van der Waals surface area contributed by atoms with Crippen molar-refractivity contribution in [1.82, 2.24) is 0 Å². The predicted molar refractivity (Wildman–Crippen MR) is 89.8 cm³/mol. The van der Waals surface area contributed by atoms with Gasteiger partial charge in [-0.25, -0.2) is 6.57 Å². The van der Waals surface area contributed by atoms with E-state index in [1.165, 1.54) is 5.56 Å². The van der Waals surface area contributed by atoms with Crippen LogP contribution < -0.4 is 0 Å². The van der Waals surface area contributed by atoms with Crippen LogP contribution in [0.2, 0.25) is 0 Å². The maximum absolute atomic E-state index is 13.8. The summed E-state index contributed by atoms with van der Waals surface area (Å²) < 4.78 is 32.6. The zero-order chi connectivity index (χ0) is 17.4. The highest BCUT2D eigenvalue weighted by molar-refractivity contribution is 5.28. The molecule has 4 heteroatoms. The molecule has 1 saturated carbocycles. The van der Waals surface area contributed by atoms with Gasteiger partial charge in [0.2, 0.25) is 5.54 Å². The molecular formula is C20H25F2NO. The van der Waals surface area contributed by atoms with Gasteiger partial charge in [-0.3, -0.25) is 0 Å². The number of rotatable bonds is 2. The van der Waals surface area contributed by atoms with Gasteiger partial charge in [0, 0.05) is 25.7 Å². The molecule has 1 aliphatic heterocycles. The first-order chi connectivity index (χ1) is 11.3. The minimum atomic E-state index is -3.03. The predicted octanol–water partition coefficient (Wildman–Crippen LogP) is 6.10. The summed E-state index contributed by atoms with van der Waals surface area (Å²) in [5.74, 6) is -0.241. The monoisotopic (exact) mass is 333 g/mol. The normalized spacial score (nSPS) is 36.0. The Morgan fingerprint density at radius 2 is 1.62 bits per heavy atom. The van der Waals surface area contributed by atoms with Crippen molar-refractivity contribution in [2.75, 3.05) is 0 Å². The van der Waals surface area contributed by atoms with E-state index in [2.05, 4.69) is 17.0 Å². The van der Waals surface area contributed by atoms with E-state index in [1.807, 2.05) is 19.1 Å². The van der Waals surface area contributed by atoms with Crippen LogP contribution in [-0.4, -0.2) is 11.6 Å². The third-order valence-electron chi connectivity index (χ3n) is 5.85. The number of hydrogen-bond donors (Lipinski definition) is 0. The van der Waals surface area contributed by atoms with Crippen molar-refractivity contribution in [2.45, 2.75) is 76.0 Å². The Morgan fingerprint density at radius 1 is 1.04 bits per heavy atom. The van der Waals surface area contributed by atoms with Gasteiger partial charge in [0.15, 0.2) is 0 Å². The molecule has 0 spiro atoms. The molecule has 2 aliphatic rings. The summed E-state index contributed by atoms with van der Waals surface area (Å²) in [6.07, 6.45) is 1.48. The average Bonchev–Trinajstić information content (AvgIpc) is 2.58. The van der Waals surface area contributed by atoms with E-state index in [9.17, 15) is 8.78 Å². The van der Waals surface area contributed by atoms with Crippen LogP contribution in [0.5, 0.6) is 0 Å². The van der Waals surface area contributed by atoms with Crippen molar-refractivity contribution in [2.24, 2.45) is 5.92 Å². The summed E-state index contributed by atoms with van der Waals surface area (Å²) in [4.78, 5) is 3.76. The molecule has 130 valence electrons. The summed E-state index contributed by atoms with van der Waals surface area (Å²) in [5.41, 5.74) is 1.89. The second-order valence-corrected chi connectivity index (χ2v) is 7.70. The van der Waals surface area contributed by atoms with E-state index in [1.54, 1.807) is 6.92 Å². The van der Waals surface area contributed by atoms with Crippen LogP contribution in [0, 0.1) is 12.5 Å². The number of nitrogens with zero attached hydrogens (tertiary/aromatic N) is 1. The third kappa shape index (κ3) is 3.47. The van der Waals surface area contributed by atoms with Gasteiger partial charge in [-0.05, 0) is 42.7 Å². The maximum Gasteiger partial charge on any atom is 0.358 e. The molecule has 2 atom stereocenters. The third-order valence-corrected chi connectivity index (χ3v) is 5.85. The molecule has 0 bridgehead atoms. The first-order valence-electron chi connectivity index (χ1n) is 8.87. The molecule has 0 N–H and O–H groups in total. The fourth-order valence-electron chi connectivity index (χ4n) is 3.84. The largest absolute Gasteiger partial charge is 0.358 e. The van der Waals surface area contributed by atoms with Crippen molar-refractivity contribution in [3.05, 3.63) is 46.8 Å². The summed E-state index contributed by atoms with van der Waals surface area (Å²) >= 11 is 0. The number of benzene rings is 1. The Balaban J connectivity index is 1.65. The van der Waals surface area contributed by atoms with Gasteiger partial charge >= 0.3 is 6.11 Å². The van der Waals surface area contributed by atoms with Crippen LogP contribution in [0.15, 0.2) is 24.3 Å². The summed E-state index contributed by atoms with van der Waals surface area (Å²) in [6.45, 7) is 10.9. The number of hydrogen-bond acceptors (Lipinski definition) is 1. The highest BCUT2D eigenvalue weighted by atomic mass is 19.3. The Bertz CT molecular complexity index is 612. The molecule has 2 fully saturated rings. The lowest BCUT2D eigenvalue weighted by Gasteiger charge is -2.34. The van der Waals surface area contributed by atoms with Gasteiger partial charge in [0.05, 0.1) is 6.10 Å². The zero-order valence-electron chi connectivity index (χ0n) is 14.4. The Hall–Kier alpha value is -1.47. The molecule has 1 aliphatic carbocycles. The zero-order valence-corrected chi connectivity index (χ0v) is 14.4. The second-order valence-electron chi connectivity index (χ2n) is 7.70. The van der Waals surface area contributed by atoms with Crippen LogP contribution in [0.1, 0.15) is 75.5 Å². The van der Waals surface area contributed by atoms with Crippen molar-refractivity contribution in [1.29, 1.82) is 0 Å². The quantitative estimate of drug-likeness (QED) is 0.596. The first-order valence-corrected chi connectivity index (χ1v) is 8.87. The number of halogens is 2. The van der Waals surface area contributed by atoms with Gasteiger partial charge in [0.1, 0.15) is 0 Å². The maximum atomic E-state index is 13.8. The van der Waals surface area contributed by atoms with Crippen LogP contribution in [0.4, 0.5) is 8.78 Å². The van der Waals surface area contributed by atoms with Crippen molar-refractivity contribution in [3.63, 3.8) is 0 Å². The average molecular weight is 333 g/mol. The number of alkyl halides is 2. The summed E-state index contributed by atoms with van der Waals surface area (Å²) in [7, 11) is 0. The van der Waals surface area contributed by atoms with E-state index < -0.39 is 18.1 Å². The van der Waals surface area contributed by atoms with E-state index >= 15 is 0 Å². The molecule has 1 aromatic rings. The first kappa shape index (κ1) is 17.4. The van der Waals surface area contributed by atoms with E-state index in [-0.39, 0.29) is 5.54 Å². The van der Waals surface area contributed by atoms with Crippen LogP contribution in [0.25, 0.3) is 4.85 Å². The van der Waals surface area contributed by atoms with Crippen LogP contribution in [-0.2, 0) is 4.74 Å². The van der Waals surface area contributed by atoms with Gasteiger partial charge in [0.25, 0.3) is 0 Å². The lowest BCUT2D eigenvalue weighted by atomic mass is 9.75. The molecule has 2 unspecified atom stereocenters. The van der Waals surface area contributed by atoms with E-state index in [4.69, 9.17) is 11.3 Å². The minimum Gasteiger partial charge on any atom is -0.312 e. The molecule has 1 saturated heterocycles. The Morgan fingerprint density at radius 3 is 2.17 bits per heavy atom. The lowest BCUT2D eigenvalue weighted by molar-refractivity contribution is -0.313. The molecule has 0 radical (unpaired) electrons. The van der Waals surface area contributed by atoms with Crippen molar-refractivity contribution >= 4 is 0 Å². The Labute approximate surface area is 143 Å². The molecule has 0 amide bonds. The highest BCUT2D eigenvalue weighted by Crippen LogP contribution is 2.43. The molecule has 2 nitrogen and oxygen atoms in total. The topological polar surface area (TPSA) is 13.6 Å². The molecule has 3 rings (SSSR count). The second kappa shape index (κ2) is 6.44. The minimum absolute atomic E-state index is 0.200. The smallest absolute Gasteiger partial charge is 0.312 e. The fraction of sp³-hybridized carbons (Fsp3) is 0.650. The van der Waals surface area contributed by atoms with Crippen molar-refractivity contribution < 1.29 is 13.5 Å². The molecular weight excluding hydrogens is 308 g/mol. The van der Waals surface area contributed by atoms with Gasteiger partial charge in [-0.15, -0.1) is 0 Å². The Kier molecular flexibility index (Phi) is 4.66. The molecule has 1 aromatic carbocycles. The summed E-state index contributed by atoms with van der Waals surface area (Å²) in [6, 6.07) is 7.99. The molecule has 0 aromatic heterocycles. The van der Waals surface area contributed by atoms with Crippen LogP contribution in [0.3, 0.4) is 0 Å². The summed E-state index contributed by atoms with van der Waals surface area (Å²) in [5, 5.41) is 0. The number of ether oxygens (including phenoxy) is 1. The molecule has 24 heavy (non-hydrogen) atoms. The van der Waals surface area contributed by atoms with E-state index in [0.29, 0.717) is 18.8 Å².